The number of benzene rings is 2. The Balaban J connectivity index is 1.64. The summed E-state index contributed by atoms with van der Waals surface area (Å²) in [7, 11) is 1.59. The van der Waals surface area contributed by atoms with Crippen LogP contribution in [0.3, 0.4) is 0 Å². The lowest BCUT2D eigenvalue weighted by atomic mass is 10.1. The lowest BCUT2D eigenvalue weighted by molar-refractivity contribution is -0.125. The maximum absolute atomic E-state index is 12.7. The zero-order valence-corrected chi connectivity index (χ0v) is 14.3. The molecule has 1 saturated heterocycles. The highest BCUT2D eigenvalue weighted by Crippen LogP contribution is 2.21. The van der Waals surface area contributed by atoms with E-state index in [1.54, 1.807) is 36.3 Å². The summed E-state index contributed by atoms with van der Waals surface area (Å²) in [5.74, 6) is 0.498. The molecule has 0 unspecified atom stereocenters. The first-order chi connectivity index (χ1) is 12.2. The molecule has 0 radical (unpaired) electrons. The minimum atomic E-state index is -0.404. The van der Waals surface area contributed by atoms with Crippen LogP contribution < -0.4 is 10.1 Å². The molecular formula is C20H22N2O3. The molecule has 0 saturated carbocycles. The van der Waals surface area contributed by atoms with Crippen molar-refractivity contribution in [3.8, 4) is 5.75 Å². The third-order valence-electron chi connectivity index (χ3n) is 4.46. The first kappa shape index (κ1) is 17.0. The summed E-state index contributed by atoms with van der Waals surface area (Å²) < 4.78 is 5.12. The molecule has 1 N–H and O–H groups in total. The average Bonchev–Trinajstić information content (AvgIpc) is 3.16. The largest absolute Gasteiger partial charge is 0.497 e. The molecule has 1 heterocycles. The molecule has 130 valence electrons. The molecule has 1 aliphatic rings. The van der Waals surface area contributed by atoms with Crippen LogP contribution in [0.15, 0.2) is 54.6 Å². The summed E-state index contributed by atoms with van der Waals surface area (Å²) in [6.07, 6.45) is 1.54. The molecule has 5 heteroatoms. The van der Waals surface area contributed by atoms with Crippen molar-refractivity contribution >= 4 is 11.8 Å². The number of hydrogen-bond donors (Lipinski definition) is 1. The molecular weight excluding hydrogens is 316 g/mol. The summed E-state index contributed by atoms with van der Waals surface area (Å²) in [5, 5.41) is 2.94. The van der Waals surface area contributed by atoms with Gasteiger partial charge < -0.3 is 15.0 Å². The van der Waals surface area contributed by atoms with Gasteiger partial charge in [0.25, 0.3) is 5.91 Å². The summed E-state index contributed by atoms with van der Waals surface area (Å²) in [6.45, 7) is 1.08. The molecule has 0 aliphatic carbocycles. The van der Waals surface area contributed by atoms with Crippen LogP contribution in [0, 0.1) is 0 Å². The number of carbonyl (C=O) groups excluding carboxylic acids is 2. The van der Waals surface area contributed by atoms with Gasteiger partial charge in [-0.2, -0.15) is 0 Å². The molecule has 1 fully saturated rings. The quantitative estimate of drug-likeness (QED) is 0.912. The number of carbonyl (C=O) groups is 2. The highest BCUT2D eigenvalue weighted by Gasteiger charge is 2.34. The van der Waals surface area contributed by atoms with Crippen LogP contribution in [0.1, 0.15) is 28.8 Å². The van der Waals surface area contributed by atoms with Gasteiger partial charge in [0, 0.05) is 18.7 Å². The second-order valence-electron chi connectivity index (χ2n) is 6.09. The highest BCUT2D eigenvalue weighted by molar-refractivity contribution is 5.98. The van der Waals surface area contributed by atoms with E-state index in [4.69, 9.17) is 4.74 Å². The fourth-order valence-electron chi connectivity index (χ4n) is 3.08. The Morgan fingerprint density at radius 3 is 2.52 bits per heavy atom. The Labute approximate surface area is 147 Å². The molecule has 0 bridgehead atoms. The van der Waals surface area contributed by atoms with E-state index in [1.807, 2.05) is 30.3 Å². The first-order valence-electron chi connectivity index (χ1n) is 8.45. The third kappa shape index (κ3) is 3.99. The standard InChI is InChI=1S/C20H22N2O3/c1-25-17-11-9-16(10-12-17)20(24)22-13-5-8-18(22)19(23)21-14-15-6-3-2-4-7-15/h2-4,6-7,9-12,18H,5,8,13-14H2,1H3,(H,21,23)/t18-/m0/s1. The molecule has 5 nitrogen and oxygen atoms in total. The summed E-state index contributed by atoms with van der Waals surface area (Å²) in [6, 6.07) is 16.3. The summed E-state index contributed by atoms with van der Waals surface area (Å²) >= 11 is 0. The van der Waals surface area contributed by atoms with Gasteiger partial charge in [-0.3, -0.25) is 9.59 Å². The van der Waals surface area contributed by atoms with Crippen molar-refractivity contribution < 1.29 is 14.3 Å². The normalized spacial score (nSPS) is 16.5. The van der Waals surface area contributed by atoms with Crippen molar-refractivity contribution in [3.63, 3.8) is 0 Å². The van der Waals surface area contributed by atoms with Crippen LogP contribution in [0.2, 0.25) is 0 Å². The summed E-state index contributed by atoms with van der Waals surface area (Å²) in [4.78, 5) is 26.9. The number of amides is 2. The molecule has 0 spiro atoms. The Morgan fingerprint density at radius 2 is 1.84 bits per heavy atom. The number of likely N-dealkylation sites (tertiary alicyclic amines) is 1. The van der Waals surface area contributed by atoms with Gasteiger partial charge in [0.05, 0.1) is 7.11 Å². The zero-order valence-electron chi connectivity index (χ0n) is 14.3. The number of methoxy groups -OCH3 is 1. The molecule has 25 heavy (non-hydrogen) atoms. The topological polar surface area (TPSA) is 58.6 Å². The predicted molar refractivity (Wildman–Crippen MR) is 95.3 cm³/mol. The maximum atomic E-state index is 12.7. The molecule has 2 aromatic carbocycles. The smallest absolute Gasteiger partial charge is 0.254 e. The van der Waals surface area contributed by atoms with Crippen molar-refractivity contribution in [2.24, 2.45) is 0 Å². The van der Waals surface area contributed by atoms with E-state index in [2.05, 4.69) is 5.32 Å². The Bertz CT molecular complexity index is 728. The predicted octanol–water partition coefficient (Wildman–Crippen LogP) is 2.62. The minimum absolute atomic E-state index is 0.0942. The molecule has 1 atom stereocenters. The van der Waals surface area contributed by atoms with Crippen LogP contribution in [-0.2, 0) is 11.3 Å². The van der Waals surface area contributed by atoms with Crippen LogP contribution >= 0.6 is 0 Å². The van der Waals surface area contributed by atoms with Crippen LogP contribution in [0.25, 0.3) is 0 Å². The lowest BCUT2D eigenvalue weighted by Gasteiger charge is -2.24. The third-order valence-corrected chi connectivity index (χ3v) is 4.46. The number of nitrogens with one attached hydrogen (secondary N) is 1. The van der Waals surface area contributed by atoms with Crippen molar-refractivity contribution in [2.75, 3.05) is 13.7 Å². The van der Waals surface area contributed by atoms with E-state index in [0.29, 0.717) is 30.8 Å². The Morgan fingerprint density at radius 1 is 1.12 bits per heavy atom. The minimum Gasteiger partial charge on any atom is -0.497 e. The van der Waals surface area contributed by atoms with Crippen molar-refractivity contribution in [1.29, 1.82) is 0 Å². The van der Waals surface area contributed by atoms with Gasteiger partial charge in [0.2, 0.25) is 5.91 Å². The lowest BCUT2D eigenvalue weighted by Crippen LogP contribution is -2.45. The van der Waals surface area contributed by atoms with E-state index >= 15 is 0 Å². The second-order valence-corrected chi connectivity index (χ2v) is 6.09. The monoisotopic (exact) mass is 338 g/mol. The Hall–Kier alpha value is -2.82. The van der Waals surface area contributed by atoms with Crippen molar-refractivity contribution in [3.05, 3.63) is 65.7 Å². The van der Waals surface area contributed by atoms with Gasteiger partial charge in [-0.1, -0.05) is 30.3 Å². The summed E-state index contributed by atoms with van der Waals surface area (Å²) in [5.41, 5.74) is 1.62. The average molecular weight is 338 g/mol. The SMILES string of the molecule is COc1ccc(C(=O)N2CCC[C@H]2C(=O)NCc2ccccc2)cc1. The zero-order chi connectivity index (χ0) is 17.6. The number of nitrogens with zero attached hydrogens (tertiary/aromatic N) is 1. The molecule has 2 amide bonds. The number of hydrogen-bond acceptors (Lipinski definition) is 3. The fourth-order valence-corrected chi connectivity index (χ4v) is 3.08. The molecule has 0 aromatic heterocycles. The van der Waals surface area contributed by atoms with Gasteiger partial charge >= 0.3 is 0 Å². The Kier molecular flexibility index (Phi) is 5.33. The van der Waals surface area contributed by atoms with Gasteiger partial charge in [-0.15, -0.1) is 0 Å². The van der Waals surface area contributed by atoms with Crippen LogP contribution in [0.5, 0.6) is 5.75 Å². The van der Waals surface area contributed by atoms with Gasteiger partial charge in [0.15, 0.2) is 0 Å². The van der Waals surface area contributed by atoms with Crippen molar-refractivity contribution in [2.45, 2.75) is 25.4 Å². The van der Waals surface area contributed by atoms with Gasteiger partial charge in [0.1, 0.15) is 11.8 Å². The molecule has 2 aromatic rings. The van der Waals surface area contributed by atoms with Gasteiger partial charge in [-0.25, -0.2) is 0 Å². The molecule has 3 rings (SSSR count). The van der Waals surface area contributed by atoms with E-state index in [9.17, 15) is 9.59 Å². The molecule has 1 aliphatic heterocycles. The van der Waals surface area contributed by atoms with Gasteiger partial charge in [-0.05, 0) is 42.7 Å². The highest BCUT2D eigenvalue weighted by atomic mass is 16.5. The number of rotatable bonds is 5. The first-order valence-corrected chi connectivity index (χ1v) is 8.45. The van der Waals surface area contributed by atoms with Crippen LogP contribution in [0.4, 0.5) is 0 Å². The van der Waals surface area contributed by atoms with E-state index in [-0.39, 0.29) is 11.8 Å². The van der Waals surface area contributed by atoms with E-state index < -0.39 is 6.04 Å². The van der Waals surface area contributed by atoms with Crippen molar-refractivity contribution in [1.82, 2.24) is 10.2 Å². The van der Waals surface area contributed by atoms with E-state index in [1.165, 1.54) is 0 Å². The second kappa shape index (κ2) is 7.83. The maximum Gasteiger partial charge on any atom is 0.254 e. The van der Waals surface area contributed by atoms with Crippen LogP contribution in [-0.4, -0.2) is 36.4 Å². The fraction of sp³-hybridized carbons (Fsp3) is 0.300. The number of ether oxygens (including phenoxy) is 1. The van der Waals surface area contributed by atoms with E-state index in [0.717, 1.165) is 12.0 Å².